The number of likely N-dealkylation sites (tertiary alicyclic amines) is 1. The summed E-state index contributed by atoms with van der Waals surface area (Å²) in [6.07, 6.45) is 0.110. The molecule has 8 nitrogen and oxygen atoms in total. The van der Waals surface area contributed by atoms with Gasteiger partial charge in [-0.25, -0.2) is 4.79 Å². The maximum Gasteiger partial charge on any atom is 0.340 e. The predicted molar refractivity (Wildman–Crippen MR) is 114 cm³/mol. The van der Waals surface area contributed by atoms with Crippen LogP contribution in [0.1, 0.15) is 27.9 Å². The standard InChI is InChI=1S/C23H26N2O6/c1-14-5-7-15(8-6-14)12-25-13-16(9-21(25)26)22(27)24-18-11-20(30-3)19(29-2)10-17(18)23(28)31-4/h5-8,10-11,16H,9,12-13H2,1-4H3,(H,24,27)/t16-/m0/s1. The molecule has 0 radical (unpaired) electrons. The van der Waals surface area contributed by atoms with Gasteiger partial charge in [0.2, 0.25) is 11.8 Å². The zero-order valence-corrected chi connectivity index (χ0v) is 18.1. The van der Waals surface area contributed by atoms with E-state index in [9.17, 15) is 14.4 Å². The first-order valence-corrected chi connectivity index (χ1v) is 9.84. The van der Waals surface area contributed by atoms with Crippen molar-refractivity contribution < 1.29 is 28.6 Å². The van der Waals surface area contributed by atoms with E-state index in [1.165, 1.54) is 33.5 Å². The minimum absolute atomic E-state index is 0.0822. The number of benzene rings is 2. The van der Waals surface area contributed by atoms with E-state index in [1.807, 2.05) is 31.2 Å². The van der Waals surface area contributed by atoms with E-state index >= 15 is 0 Å². The molecule has 3 rings (SSSR count). The zero-order chi connectivity index (χ0) is 22.5. The summed E-state index contributed by atoms with van der Waals surface area (Å²) in [6.45, 7) is 2.76. The molecule has 2 aromatic rings. The zero-order valence-electron chi connectivity index (χ0n) is 18.1. The molecule has 2 aromatic carbocycles. The quantitative estimate of drug-likeness (QED) is 0.685. The van der Waals surface area contributed by atoms with Crippen LogP contribution in [0.4, 0.5) is 5.69 Å². The Labute approximate surface area is 181 Å². The van der Waals surface area contributed by atoms with Gasteiger partial charge in [0.25, 0.3) is 0 Å². The van der Waals surface area contributed by atoms with E-state index in [0.717, 1.165) is 11.1 Å². The number of carbonyl (C=O) groups is 3. The number of aryl methyl sites for hydroxylation is 1. The van der Waals surface area contributed by atoms with Crippen LogP contribution in [0.3, 0.4) is 0 Å². The highest BCUT2D eigenvalue weighted by atomic mass is 16.5. The lowest BCUT2D eigenvalue weighted by Crippen LogP contribution is -2.28. The maximum absolute atomic E-state index is 12.9. The van der Waals surface area contributed by atoms with Gasteiger partial charge >= 0.3 is 5.97 Å². The first kappa shape index (κ1) is 22.1. The fourth-order valence-corrected chi connectivity index (χ4v) is 3.51. The number of rotatable bonds is 7. The normalized spacial score (nSPS) is 15.5. The highest BCUT2D eigenvalue weighted by Crippen LogP contribution is 2.34. The number of nitrogens with one attached hydrogen (secondary N) is 1. The van der Waals surface area contributed by atoms with Crippen molar-refractivity contribution in [2.75, 3.05) is 33.2 Å². The van der Waals surface area contributed by atoms with Crippen LogP contribution in [0, 0.1) is 12.8 Å². The third-order valence-corrected chi connectivity index (χ3v) is 5.27. The lowest BCUT2D eigenvalue weighted by atomic mass is 10.1. The van der Waals surface area contributed by atoms with Crippen LogP contribution in [0.25, 0.3) is 0 Å². The van der Waals surface area contributed by atoms with Crippen molar-refractivity contribution in [1.82, 2.24) is 4.90 Å². The maximum atomic E-state index is 12.9. The lowest BCUT2D eigenvalue weighted by molar-refractivity contribution is -0.128. The molecule has 1 heterocycles. The summed E-state index contributed by atoms with van der Waals surface area (Å²) in [5.74, 6) is -0.898. The largest absolute Gasteiger partial charge is 0.493 e. The molecule has 1 aliphatic heterocycles. The molecular formula is C23H26N2O6. The third kappa shape index (κ3) is 4.96. The Morgan fingerprint density at radius 2 is 1.71 bits per heavy atom. The van der Waals surface area contributed by atoms with Gasteiger partial charge in [0.15, 0.2) is 11.5 Å². The van der Waals surface area contributed by atoms with Crippen molar-refractivity contribution in [3.05, 3.63) is 53.1 Å². The van der Waals surface area contributed by atoms with Gasteiger partial charge in [0.1, 0.15) is 0 Å². The molecule has 0 spiro atoms. The summed E-state index contributed by atoms with van der Waals surface area (Å²) >= 11 is 0. The van der Waals surface area contributed by atoms with Gasteiger partial charge in [0.05, 0.1) is 38.5 Å². The molecule has 164 valence electrons. The number of hydrogen-bond donors (Lipinski definition) is 1. The topological polar surface area (TPSA) is 94.2 Å². The summed E-state index contributed by atoms with van der Waals surface area (Å²) in [6, 6.07) is 10.9. The van der Waals surface area contributed by atoms with Crippen LogP contribution >= 0.6 is 0 Å². The van der Waals surface area contributed by atoms with E-state index in [4.69, 9.17) is 14.2 Å². The lowest BCUT2D eigenvalue weighted by Gasteiger charge is -2.18. The van der Waals surface area contributed by atoms with E-state index in [1.54, 1.807) is 4.90 Å². The highest BCUT2D eigenvalue weighted by Gasteiger charge is 2.35. The molecule has 0 saturated carbocycles. The van der Waals surface area contributed by atoms with Crippen LogP contribution in [0.2, 0.25) is 0 Å². The summed E-state index contributed by atoms with van der Waals surface area (Å²) in [4.78, 5) is 39.2. The Hall–Kier alpha value is -3.55. The average molecular weight is 426 g/mol. The van der Waals surface area contributed by atoms with Crippen LogP contribution in [0.5, 0.6) is 11.5 Å². The number of carbonyl (C=O) groups excluding carboxylic acids is 3. The molecule has 31 heavy (non-hydrogen) atoms. The van der Waals surface area contributed by atoms with Crippen LogP contribution < -0.4 is 14.8 Å². The second-order valence-electron chi connectivity index (χ2n) is 7.39. The van der Waals surface area contributed by atoms with Gasteiger partial charge in [-0.1, -0.05) is 29.8 Å². The first-order chi connectivity index (χ1) is 14.9. The molecule has 1 saturated heterocycles. The fraction of sp³-hybridized carbons (Fsp3) is 0.348. The smallest absolute Gasteiger partial charge is 0.340 e. The highest BCUT2D eigenvalue weighted by molar-refractivity contribution is 6.04. The van der Waals surface area contributed by atoms with Crippen molar-refractivity contribution in [2.24, 2.45) is 5.92 Å². The third-order valence-electron chi connectivity index (χ3n) is 5.27. The van der Waals surface area contributed by atoms with Crippen molar-refractivity contribution in [1.29, 1.82) is 0 Å². The predicted octanol–water partition coefficient (Wildman–Crippen LogP) is 2.79. The molecule has 1 N–H and O–H groups in total. The summed E-state index contributed by atoms with van der Waals surface area (Å²) in [5, 5.41) is 2.75. The van der Waals surface area contributed by atoms with Crippen molar-refractivity contribution >= 4 is 23.5 Å². The summed E-state index contributed by atoms with van der Waals surface area (Å²) in [7, 11) is 4.16. The van der Waals surface area contributed by atoms with E-state index in [0.29, 0.717) is 24.6 Å². The Morgan fingerprint density at radius 3 is 2.32 bits per heavy atom. The van der Waals surface area contributed by atoms with Gasteiger partial charge in [-0.05, 0) is 12.5 Å². The van der Waals surface area contributed by atoms with E-state index in [-0.39, 0.29) is 29.5 Å². The number of anilines is 1. The van der Waals surface area contributed by atoms with Crippen molar-refractivity contribution in [3.8, 4) is 11.5 Å². The van der Waals surface area contributed by atoms with Gasteiger partial charge in [-0.3, -0.25) is 9.59 Å². The molecule has 1 fully saturated rings. The number of esters is 1. The number of methoxy groups -OCH3 is 3. The molecule has 8 heteroatoms. The average Bonchev–Trinajstić information content (AvgIpc) is 3.14. The summed E-state index contributed by atoms with van der Waals surface area (Å²) in [5.41, 5.74) is 2.52. The molecule has 0 unspecified atom stereocenters. The summed E-state index contributed by atoms with van der Waals surface area (Å²) < 4.78 is 15.3. The minimum atomic E-state index is -0.625. The minimum Gasteiger partial charge on any atom is -0.493 e. The van der Waals surface area contributed by atoms with Gasteiger partial charge in [0, 0.05) is 31.6 Å². The van der Waals surface area contributed by atoms with Crippen LogP contribution in [-0.2, 0) is 20.9 Å². The molecule has 1 atom stereocenters. The first-order valence-electron chi connectivity index (χ1n) is 9.84. The fourth-order valence-electron chi connectivity index (χ4n) is 3.51. The van der Waals surface area contributed by atoms with Gasteiger partial charge in [-0.2, -0.15) is 0 Å². The van der Waals surface area contributed by atoms with E-state index < -0.39 is 11.9 Å². The van der Waals surface area contributed by atoms with Crippen molar-refractivity contribution in [2.45, 2.75) is 19.9 Å². The second-order valence-corrected chi connectivity index (χ2v) is 7.39. The molecule has 2 amide bonds. The molecule has 0 aliphatic carbocycles. The number of hydrogen-bond acceptors (Lipinski definition) is 6. The SMILES string of the molecule is COC(=O)c1cc(OC)c(OC)cc1NC(=O)[C@H]1CC(=O)N(Cc2ccc(C)cc2)C1. The Balaban J connectivity index is 1.76. The molecule has 1 aliphatic rings. The second kappa shape index (κ2) is 9.51. The number of ether oxygens (including phenoxy) is 3. The van der Waals surface area contributed by atoms with Gasteiger partial charge < -0.3 is 24.4 Å². The Kier molecular flexibility index (Phi) is 6.79. The molecular weight excluding hydrogens is 400 g/mol. The number of nitrogens with zero attached hydrogens (tertiary/aromatic N) is 1. The monoisotopic (exact) mass is 426 g/mol. The van der Waals surface area contributed by atoms with Crippen LogP contribution in [0.15, 0.2) is 36.4 Å². The molecule has 0 bridgehead atoms. The van der Waals surface area contributed by atoms with Gasteiger partial charge in [-0.15, -0.1) is 0 Å². The Morgan fingerprint density at radius 1 is 1.06 bits per heavy atom. The van der Waals surface area contributed by atoms with Crippen LogP contribution in [-0.4, -0.2) is 50.6 Å². The molecule has 0 aromatic heterocycles. The Bertz CT molecular complexity index is 986. The van der Waals surface area contributed by atoms with Crippen molar-refractivity contribution in [3.63, 3.8) is 0 Å². The van der Waals surface area contributed by atoms with E-state index in [2.05, 4.69) is 5.32 Å². The number of amides is 2.